The lowest BCUT2D eigenvalue weighted by molar-refractivity contribution is 0.0730. The molecule has 0 aliphatic carbocycles. The van der Waals surface area contributed by atoms with Crippen LogP contribution in [0.1, 0.15) is 28.4 Å². The van der Waals surface area contributed by atoms with E-state index in [-0.39, 0.29) is 10.8 Å². The fraction of sp³-hybridized carbons (Fsp3) is 0.409. The molecule has 1 aliphatic heterocycles. The lowest BCUT2D eigenvalue weighted by atomic mass is 10.1. The monoisotopic (exact) mass is 432 g/mol. The number of hydrogen-bond donors (Lipinski definition) is 1. The fourth-order valence-electron chi connectivity index (χ4n) is 3.19. The first-order chi connectivity index (χ1) is 14.4. The first-order valence-corrected chi connectivity index (χ1v) is 11.5. The zero-order valence-electron chi connectivity index (χ0n) is 17.4. The smallest absolute Gasteiger partial charge is 0.251 e. The van der Waals surface area contributed by atoms with Gasteiger partial charge in [-0.25, -0.2) is 8.42 Å². The van der Waals surface area contributed by atoms with Crippen molar-refractivity contribution in [1.29, 1.82) is 0 Å². The first kappa shape index (κ1) is 22.3. The number of nitrogens with zero attached hydrogens (tertiary/aromatic N) is 1. The third-order valence-corrected chi connectivity index (χ3v) is 6.94. The highest BCUT2D eigenvalue weighted by molar-refractivity contribution is 7.89. The number of ether oxygens (including phenoxy) is 2. The molecule has 7 nitrogen and oxygen atoms in total. The quantitative estimate of drug-likeness (QED) is 0.648. The van der Waals surface area contributed by atoms with Gasteiger partial charge in [-0.2, -0.15) is 4.31 Å². The standard InChI is InChI=1S/C22H28N2O5S/c1-3-18-5-7-19(8-6-18)29-13-10-23-22(25)21-16-20(9-4-17(21)2)30(26,27)24-11-14-28-15-12-24/h4-9,16H,3,10-15H2,1-2H3,(H,23,25). The van der Waals surface area contributed by atoms with Gasteiger partial charge in [-0.1, -0.05) is 25.1 Å². The first-order valence-electron chi connectivity index (χ1n) is 10.1. The van der Waals surface area contributed by atoms with Crippen LogP contribution >= 0.6 is 0 Å². The minimum atomic E-state index is -3.65. The molecule has 0 atom stereocenters. The predicted octanol–water partition coefficient (Wildman–Crippen LogP) is 2.39. The van der Waals surface area contributed by atoms with E-state index in [9.17, 15) is 13.2 Å². The van der Waals surface area contributed by atoms with Crippen molar-refractivity contribution in [2.75, 3.05) is 39.5 Å². The van der Waals surface area contributed by atoms with E-state index in [1.165, 1.54) is 15.9 Å². The average molecular weight is 433 g/mol. The highest BCUT2D eigenvalue weighted by Crippen LogP contribution is 2.20. The molecule has 1 fully saturated rings. The molecule has 1 N–H and O–H groups in total. The molecule has 0 aromatic heterocycles. The van der Waals surface area contributed by atoms with Crippen molar-refractivity contribution in [1.82, 2.24) is 9.62 Å². The van der Waals surface area contributed by atoms with Crippen LogP contribution in [0.15, 0.2) is 47.4 Å². The van der Waals surface area contributed by atoms with Crippen LogP contribution in [0.25, 0.3) is 0 Å². The lowest BCUT2D eigenvalue weighted by Gasteiger charge is -2.26. The number of benzene rings is 2. The second-order valence-corrected chi connectivity index (χ2v) is 9.03. The van der Waals surface area contributed by atoms with Gasteiger partial charge in [0.1, 0.15) is 12.4 Å². The molecule has 162 valence electrons. The lowest BCUT2D eigenvalue weighted by Crippen LogP contribution is -2.40. The van der Waals surface area contributed by atoms with E-state index in [4.69, 9.17) is 9.47 Å². The Labute approximate surface area is 178 Å². The molecule has 0 spiro atoms. The zero-order chi connectivity index (χ0) is 21.6. The van der Waals surface area contributed by atoms with Crippen molar-refractivity contribution >= 4 is 15.9 Å². The van der Waals surface area contributed by atoms with Crippen LogP contribution in [-0.2, 0) is 21.2 Å². The second kappa shape index (κ2) is 10.1. The summed E-state index contributed by atoms with van der Waals surface area (Å²) < 4.78 is 38.0. The van der Waals surface area contributed by atoms with Gasteiger partial charge < -0.3 is 14.8 Å². The van der Waals surface area contributed by atoms with Gasteiger partial charge in [0.15, 0.2) is 0 Å². The molecule has 2 aromatic carbocycles. The summed E-state index contributed by atoms with van der Waals surface area (Å²) in [5, 5.41) is 2.80. The van der Waals surface area contributed by atoms with Gasteiger partial charge in [0, 0.05) is 18.7 Å². The maximum absolute atomic E-state index is 12.9. The maximum Gasteiger partial charge on any atom is 0.251 e. The summed E-state index contributed by atoms with van der Waals surface area (Å²) in [6, 6.07) is 12.5. The molecular formula is C22H28N2O5S. The van der Waals surface area contributed by atoms with Gasteiger partial charge in [0.05, 0.1) is 24.7 Å². The molecule has 3 rings (SSSR count). The van der Waals surface area contributed by atoms with Crippen molar-refractivity contribution in [3.8, 4) is 5.75 Å². The molecule has 0 radical (unpaired) electrons. The summed E-state index contributed by atoms with van der Waals surface area (Å²) in [5.41, 5.74) is 2.29. The molecule has 1 amide bonds. The van der Waals surface area contributed by atoms with E-state index < -0.39 is 10.0 Å². The summed E-state index contributed by atoms with van der Waals surface area (Å²) in [7, 11) is -3.65. The van der Waals surface area contributed by atoms with Crippen LogP contribution in [0.5, 0.6) is 5.75 Å². The molecule has 1 heterocycles. The van der Waals surface area contributed by atoms with Crippen molar-refractivity contribution in [3.05, 3.63) is 59.2 Å². The van der Waals surface area contributed by atoms with E-state index in [1.807, 2.05) is 24.3 Å². The van der Waals surface area contributed by atoms with Crippen LogP contribution in [-0.4, -0.2) is 58.1 Å². The Balaban J connectivity index is 1.60. The SMILES string of the molecule is CCc1ccc(OCCNC(=O)c2cc(S(=O)(=O)N3CCOCC3)ccc2C)cc1. The van der Waals surface area contributed by atoms with Crippen LogP contribution in [0.2, 0.25) is 0 Å². The van der Waals surface area contributed by atoms with Gasteiger partial charge in [-0.3, -0.25) is 4.79 Å². The van der Waals surface area contributed by atoms with Crippen molar-refractivity contribution in [3.63, 3.8) is 0 Å². The number of carbonyl (C=O) groups excluding carboxylic acids is 1. The Morgan fingerprint density at radius 3 is 2.50 bits per heavy atom. The Morgan fingerprint density at radius 1 is 1.13 bits per heavy atom. The van der Waals surface area contributed by atoms with Crippen molar-refractivity contribution < 1.29 is 22.7 Å². The summed E-state index contributed by atoms with van der Waals surface area (Å²) >= 11 is 0. The Hall–Kier alpha value is -2.42. The maximum atomic E-state index is 12.9. The number of aryl methyl sites for hydroxylation is 2. The fourth-order valence-corrected chi connectivity index (χ4v) is 4.63. The van der Waals surface area contributed by atoms with Crippen LogP contribution in [0, 0.1) is 6.92 Å². The van der Waals surface area contributed by atoms with Gasteiger partial charge in [0.25, 0.3) is 5.91 Å². The number of carbonyl (C=O) groups is 1. The Bertz CT molecular complexity index is 968. The topological polar surface area (TPSA) is 84.9 Å². The molecule has 0 saturated carbocycles. The van der Waals surface area contributed by atoms with E-state index in [2.05, 4.69) is 12.2 Å². The molecular weight excluding hydrogens is 404 g/mol. The molecule has 30 heavy (non-hydrogen) atoms. The van der Waals surface area contributed by atoms with E-state index in [0.717, 1.165) is 12.2 Å². The summed E-state index contributed by atoms with van der Waals surface area (Å²) in [6.07, 6.45) is 0.968. The molecule has 2 aromatic rings. The molecule has 1 aliphatic rings. The van der Waals surface area contributed by atoms with Crippen molar-refractivity contribution in [2.45, 2.75) is 25.2 Å². The highest BCUT2D eigenvalue weighted by atomic mass is 32.2. The van der Waals surface area contributed by atoms with Gasteiger partial charge in [-0.05, 0) is 48.7 Å². The number of rotatable bonds is 8. The Kier molecular flexibility index (Phi) is 7.47. The molecule has 8 heteroatoms. The Morgan fingerprint density at radius 2 is 1.83 bits per heavy atom. The van der Waals surface area contributed by atoms with Gasteiger partial charge in [0.2, 0.25) is 10.0 Å². The van der Waals surface area contributed by atoms with E-state index in [1.54, 1.807) is 19.1 Å². The van der Waals surface area contributed by atoms with Crippen LogP contribution in [0.4, 0.5) is 0 Å². The number of morpholine rings is 1. The molecule has 0 unspecified atom stereocenters. The number of hydrogen-bond acceptors (Lipinski definition) is 5. The molecule has 1 saturated heterocycles. The second-order valence-electron chi connectivity index (χ2n) is 7.10. The zero-order valence-corrected chi connectivity index (χ0v) is 18.2. The highest BCUT2D eigenvalue weighted by Gasteiger charge is 2.27. The van der Waals surface area contributed by atoms with E-state index >= 15 is 0 Å². The minimum absolute atomic E-state index is 0.118. The molecule has 0 bridgehead atoms. The van der Waals surface area contributed by atoms with Gasteiger partial charge in [-0.15, -0.1) is 0 Å². The summed E-state index contributed by atoms with van der Waals surface area (Å²) in [6.45, 7) is 5.89. The summed E-state index contributed by atoms with van der Waals surface area (Å²) in [5.74, 6) is 0.424. The van der Waals surface area contributed by atoms with Gasteiger partial charge >= 0.3 is 0 Å². The summed E-state index contributed by atoms with van der Waals surface area (Å²) in [4.78, 5) is 12.7. The number of sulfonamides is 1. The number of nitrogens with one attached hydrogen (secondary N) is 1. The van der Waals surface area contributed by atoms with E-state index in [0.29, 0.717) is 50.6 Å². The minimum Gasteiger partial charge on any atom is -0.492 e. The number of amides is 1. The normalized spacial score (nSPS) is 15.0. The van der Waals surface area contributed by atoms with Crippen LogP contribution in [0.3, 0.4) is 0 Å². The average Bonchev–Trinajstić information content (AvgIpc) is 2.77. The largest absolute Gasteiger partial charge is 0.492 e. The third kappa shape index (κ3) is 5.38. The van der Waals surface area contributed by atoms with Crippen molar-refractivity contribution in [2.24, 2.45) is 0 Å². The third-order valence-electron chi connectivity index (χ3n) is 5.05. The predicted molar refractivity (Wildman–Crippen MR) is 114 cm³/mol. The van der Waals surface area contributed by atoms with Crippen LogP contribution < -0.4 is 10.1 Å².